The van der Waals surface area contributed by atoms with Gasteiger partial charge in [-0.05, 0) is 43.5 Å². The minimum atomic E-state index is -3.20. The molecular formula is C17H26N2O5S. The van der Waals surface area contributed by atoms with Crippen LogP contribution in [0.3, 0.4) is 0 Å². The monoisotopic (exact) mass is 370 g/mol. The molecule has 1 aromatic carbocycles. The number of piperidine rings is 1. The van der Waals surface area contributed by atoms with E-state index in [4.69, 9.17) is 9.47 Å². The molecule has 1 unspecified atom stereocenters. The average molecular weight is 370 g/mol. The van der Waals surface area contributed by atoms with E-state index in [2.05, 4.69) is 5.32 Å². The first-order valence-corrected chi connectivity index (χ1v) is 10.2. The van der Waals surface area contributed by atoms with E-state index in [9.17, 15) is 13.2 Å². The number of ether oxygens (including phenoxy) is 2. The lowest BCUT2D eigenvalue weighted by Gasteiger charge is -2.31. The zero-order valence-electron chi connectivity index (χ0n) is 14.7. The highest BCUT2D eigenvalue weighted by Gasteiger charge is 2.26. The standard InChI is InChI=1S/C17H26N2O5S/c1-23-15-7-9-16(10-8-15)24-12-4-6-17(20)18-14-5-3-11-19(13-14)25(2,21)22/h7-10,14H,3-6,11-13H2,1-2H3,(H,18,20). The van der Waals surface area contributed by atoms with Crippen LogP contribution in [0, 0.1) is 0 Å². The summed E-state index contributed by atoms with van der Waals surface area (Å²) < 4.78 is 35.3. The van der Waals surface area contributed by atoms with Crippen molar-refractivity contribution in [3.05, 3.63) is 24.3 Å². The molecule has 140 valence electrons. The van der Waals surface area contributed by atoms with E-state index in [1.165, 1.54) is 10.6 Å². The van der Waals surface area contributed by atoms with Crippen LogP contribution in [-0.2, 0) is 14.8 Å². The highest BCUT2D eigenvalue weighted by molar-refractivity contribution is 7.88. The Morgan fingerprint density at radius 1 is 1.28 bits per heavy atom. The first kappa shape index (κ1) is 19.5. The van der Waals surface area contributed by atoms with E-state index in [0.717, 1.165) is 24.3 Å². The first-order valence-electron chi connectivity index (χ1n) is 8.40. The highest BCUT2D eigenvalue weighted by atomic mass is 32.2. The minimum absolute atomic E-state index is 0.0707. The number of hydrogen-bond acceptors (Lipinski definition) is 5. The van der Waals surface area contributed by atoms with Crippen molar-refractivity contribution >= 4 is 15.9 Å². The molecule has 0 spiro atoms. The summed E-state index contributed by atoms with van der Waals surface area (Å²) in [5.41, 5.74) is 0. The predicted molar refractivity (Wildman–Crippen MR) is 95.3 cm³/mol. The summed E-state index contributed by atoms with van der Waals surface area (Å²) in [4.78, 5) is 12.0. The zero-order chi connectivity index (χ0) is 18.3. The number of nitrogens with zero attached hydrogens (tertiary/aromatic N) is 1. The van der Waals surface area contributed by atoms with Gasteiger partial charge < -0.3 is 14.8 Å². The molecule has 7 nitrogen and oxygen atoms in total. The Morgan fingerprint density at radius 3 is 2.60 bits per heavy atom. The fourth-order valence-corrected chi connectivity index (χ4v) is 3.67. The normalized spacial score (nSPS) is 18.6. The largest absolute Gasteiger partial charge is 0.497 e. The van der Waals surface area contributed by atoms with Gasteiger partial charge in [0.05, 0.1) is 20.0 Å². The molecule has 8 heteroatoms. The second-order valence-electron chi connectivity index (χ2n) is 6.16. The molecule has 0 saturated carbocycles. The van der Waals surface area contributed by atoms with Crippen molar-refractivity contribution in [1.82, 2.24) is 9.62 Å². The summed E-state index contributed by atoms with van der Waals surface area (Å²) >= 11 is 0. The minimum Gasteiger partial charge on any atom is -0.497 e. The number of benzene rings is 1. The van der Waals surface area contributed by atoms with Gasteiger partial charge in [0.1, 0.15) is 11.5 Å². The van der Waals surface area contributed by atoms with Crippen LogP contribution in [0.5, 0.6) is 11.5 Å². The van der Waals surface area contributed by atoms with Gasteiger partial charge >= 0.3 is 0 Å². The van der Waals surface area contributed by atoms with Crippen LogP contribution in [-0.4, -0.2) is 57.7 Å². The van der Waals surface area contributed by atoms with Crippen LogP contribution in [0.15, 0.2) is 24.3 Å². The van der Waals surface area contributed by atoms with Gasteiger partial charge in [0.15, 0.2) is 0 Å². The molecule has 2 rings (SSSR count). The van der Waals surface area contributed by atoms with Gasteiger partial charge in [-0.25, -0.2) is 12.7 Å². The number of carbonyl (C=O) groups is 1. The first-order chi connectivity index (χ1) is 11.9. The zero-order valence-corrected chi connectivity index (χ0v) is 15.5. The number of sulfonamides is 1. The maximum Gasteiger partial charge on any atom is 0.220 e. The third-order valence-corrected chi connectivity index (χ3v) is 5.36. The summed E-state index contributed by atoms with van der Waals surface area (Å²) in [6, 6.07) is 7.16. The van der Waals surface area contributed by atoms with Gasteiger partial charge in [-0.2, -0.15) is 0 Å². The molecule has 1 N–H and O–H groups in total. The van der Waals surface area contributed by atoms with Crippen LogP contribution in [0.2, 0.25) is 0 Å². The molecule has 1 atom stereocenters. The Labute approximate surface area is 149 Å². The molecular weight excluding hydrogens is 344 g/mol. The number of hydrogen-bond donors (Lipinski definition) is 1. The van der Waals surface area contributed by atoms with Crippen molar-refractivity contribution in [3.63, 3.8) is 0 Å². The molecule has 1 saturated heterocycles. The van der Waals surface area contributed by atoms with Crippen LogP contribution < -0.4 is 14.8 Å². The SMILES string of the molecule is COc1ccc(OCCCC(=O)NC2CCCN(S(C)(=O)=O)C2)cc1. The van der Waals surface area contributed by atoms with Crippen LogP contribution in [0.1, 0.15) is 25.7 Å². The second-order valence-corrected chi connectivity index (χ2v) is 8.14. The fraction of sp³-hybridized carbons (Fsp3) is 0.588. The van der Waals surface area contributed by atoms with Crippen molar-refractivity contribution in [2.75, 3.05) is 33.1 Å². The predicted octanol–water partition coefficient (Wildman–Crippen LogP) is 1.39. The fourth-order valence-electron chi connectivity index (χ4n) is 2.76. The summed E-state index contributed by atoms with van der Waals surface area (Å²) in [6.07, 6.45) is 3.72. The van der Waals surface area contributed by atoms with E-state index < -0.39 is 10.0 Å². The summed E-state index contributed by atoms with van der Waals surface area (Å²) in [7, 11) is -1.59. The van der Waals surface area contributed by atoms with Crippen LogP contribution in [0.4, 0.5) is 0 Å². The number of rotatable bonds is 8. The molecule has 1 heterocycles. The lowest BCUT2D eigenvalue weighted by molar-refractivity contribution is -0.122. The van der Waals surface area contributed by atoms with Crippen molar-refractivity contribution in [1.29, 1.82) is 0 Å². The maximum atomic E-state index is 12.0. The lowest BCUT2D eigenvalue weighted by Crippen LogP contribution is -2.49. The second kappa shape index (κ2) is 9.05. The Kier molecular flexibility index (Phi) is 7.07. The van der Waals surface area contributed by atoms with E-state index in [1.807, 2.05) is 24.3 Å². The molecule has 1 amide bonds. The lowest BCUT2D eigenvalue weighted by atomic mass is 10.1. The molecule has 0 aromatic heterocycles. The number of methoxy groups -OCH3 is 1. The number of amides is 1. The number of carbonyl (C=O) groups excluding carboxylic acids is 1. The Morgan fingerprint density at radius 2 is 1.96 bits per heavy atom. The molecule has 0 radical (unpaired) electrons. The van der Waals surface area contributed by atoms with Crippen molar-refractivity contribution < 1.29 is 22.7 Å². The van der Waals surface area contributed by atoms with Gasteiger partial charge in [-0.3, -0.25) is 4.79 Å². The third-order valence-electron chi connectivity index (χ3n) is 4.09. The molecule has 1 fully saturated rings. The highest BCUT2D eigenvalue weighted by Crippen LogP contribution is 2.17. The average Bonchev–Trinajstić information content (AvgIpc) is 2.59. The van der Waals surface area contributed by atoms with Crippen LogP contribution >= 0.6 is 0 Å². The number of nitrogens with one attached hydrogen (secondary N) is 1. The van der Waals surface area contributed by atoms with Crippen LogP contribution in [0.25, 0.3) is 0 Å². The maximum absolute atomic E-state index is 12.0. The molecule has 1 aromatic rings. The van der Waals surface area contributed by atoms with Gasteiger partial charge in [-0.1, -0.05) is 0 Å². The van der Waals surface area contributed by atoms with Gasteiger partial charge in [0.25, 0.3) is 0 Å². The molecule has 0 aliphatic carbocycles. The molecule has 0 bridgehead atoms. The van der Waals surface area contributed by atoms with Crippen molar-refractivity contribution in [3.8, 4) is 11.5 Å². The van der Waals surface area contributed by atoms with E-state index >= 15 is 0 Å². The summed E-state index contributed by atoms with van der Waals surface area (Å²) in [5, 5.41) is 2.92. The van der Waals surface area contributed by atoms with E-state index in [1.54, 1.807) is 7.11 Å². The van der Waals surface area contributed by atoms with Crippen molar-refractivity contribution in [2.45, 2.75) is 31.7 Å². The van der Waals surface area contributed by atoms with Crippen molar-refractivity contribution in [2.24, 2.45) is 0 Å². The smallest absolute Gasteiger partial charge is 0.220 e. The Bertz CT molecular complexity index is 660. The summed E-state index contributed by atoms with van der Waals surface area (Å²) in [5.74, 6) is 1.43. The molecule has 1 aliphatic rings. The van der Waals surface area contributed by atoms with Gasteiger partial charge in [-0.15, -0.1) is 0 Å². The topological polar surface area (TPSA) is 84.9 Å². The third kappa shape index (κ3) is 6.55. The Balaban J connectivity index is 1.66. The molecule has 25 heavy (non-hydrogen) atoms. The van der Waals surface area contributed by atoms with E-state index in [0.29, 0.717) is 32.5 Å². The summed E-state index contributed by atoms with van der Waals surface area (Å²) in [6.45, 7) is 1.33. The van der Waals surface area contributed by atoms with Gasteiger partial charge in [0, 0.05) is 25.6 Å². The quantitative estimate of drug-likeness (QED) is 0.699. The molecule has 1 aliphatic heterocycles. The van der Waals surface area contributed by atoms with Gasteiger partial charge in [0.2, 0.25) is 15.9 Å². The van der Waals surface area contributed by atoms with E-state index in [-0.39, 0.29) is 11.9 Å². The Hall–Kier alpha value is -1.80.